The van der Waals surface area contributed by atoms with Gasteiger partial charge in [-0.2, -0.15) is 0 Å². The van der Waals surface area contributed by atoms with Crippen molar-refractivity contribution in [3.05, 3.63) is 0 Å². The van der Waals surface area contributed by atoms with Crippen molar-refractivity contribution in [2.45, 2.75) is 39.0 Å². The van der Waals surface area contributed by atoms with E-state index in [9.17, 15) is 0 Å². The number of nitrogens with two attached hydrogens (primary N) is 1. The first-order chi connectivity index (χ1) is 6.26. The molecular formula is C10H19NO2. The molecule has 0 rings (SSSR count). The zero-order chi connectivity index (χ0) is 10.1. The van der Waals surface area contributed by atoms with Crippen molar-refractivity contribution in [1.82, 2.24) is 0 Å². The van der Waals surface area contributed by atoms with E-state index in [1.807, 2.05) is 13.8 Å². The number of rotatable bonds is 7. The van der Waals surface area contributed by atoms with Crippen LogP contribution in [-0.4, -0.2) is 25.5 Å². The predicted molar refractivity (Wildman–Crippen MR) is 53.1 cm³/mol. The molecule has 0 aliphatic heterocycles. The lowest BCUT2D eigenvalue weighted by molar-refractivity contribution is -0.148. The first-order valence-electron chi connectivity index (χ1n) is 4.68. The Morgan fingerprint density at radius 3 is 2.23 bits per heavy atom. The molecule has 76 valence electrons. The van der Waals surface area contributed by atoms with Crippen LogP contribution in [0.4, 0.5) is 0 Å². The summed E-state index contributed by atoms with van der Waals surface area (Å²) in [4.78, 5) is 0. The van der Waals surface area contributed by atoms with Crippen LogP contribution in [0, 0.1) is 12.3 Å². The normalized spacial score (nSPS) is 12.8. The molecule has 0 aromatic rings. The van der Waals surface area contributed by atoms with Crippen LogP contribution >= 0.6 is 0 Å². The molecule has 0 fully saturated rings. The predicted octanol–water partition coefficient (Wildman–Crippen LogP) is 1.13. The minimum absolute atomic E-state index is 0.129. The van der Waals surface area contributed by atoms with E-state index >= 15 is 0 Å². The molecule has 3 heteroatoms. The summed E-state index contributed by atoms with van der Waals surface area (Å²) in [6.45, 7) is 5.04. The summed E-state index contributed by atoms with van der Waals surface area (Å²) >= 11 is 0. The van der Waals surface area contributed by atoms with Gasteiger partial charge in [-0.25, -0.2) is 0 Å². The zero-order valence-corrected chi connectivity index (χ0v) is 8.45. The fraction of sp³-hybridized carbons (Fsp3) is 0.800. The summed E-state index contributed by atoms with van der Waals surface area (Å²) in [5.41, 5.74) is 5.83. The average Bonchev–Trinajstić information content (AvgIpc) is 2.14. The maximum Gasteiger partial charge on any atom is 0.172 e. The van der Waals surface area contributed by atoms with E-state index in [1.54, 1.807) is 0 Å². The molecule has 0 aliphatic carbocycles. The number of hydrogen-bond donors (Lipinski definition) is 1. The molecule has 0 spiro atoms. The second-order valence-corrected chi connectivity index (χ2v) is 2.69. The van der Waals surface area contributed by atoms with Gasteiger partial charge >= 0.3 is 0 Å². The molecule has 3 nitrogen and oxygen atoms in total. The van der Waals surface area contributed by atoms with Gasteiger partial charge < -0.3 is 15.2 Å². The average molecular weight is 185 g/mol. The Kier molecular flexibility index (Phi) is 7.71. The lowest BCUT2D eigenvalue weighted by Gasteiger charge is -2.22. The summed E-state index contributed by atoms with van der Waals surface area (Å²) < 4.78 is 10.7. The Bertz CT molecular complexity index is 147. The van der Waals surface area contributed by atoms with E-state index in [-0.39, 0.29) is 12.3 Å². The molecule has 0 radical (unpaired) electrons. The molecule has 0 aromatic heterocycles. The lowest BCUT2D eigenvalue weighted by atomic mass is 10.1. The van der Waals surface area contributed by atoms with Gasteiger partial charge in [-0.1, -0.05) is 0 Å². The summed E-state index contributed by atoms with van der Waals surface area (Å²) in [5, 5.41) is 0. The first-order valence-corrected chi connectivity index (χ1v) is 4.68. The Morgan fingerprint density at radius 1 is 1.31 bits per heavy atom. The number of hydrogen-bond acceptors (Lipinski definition) is 3. The fourth-order valence-corrected chi connectivity index (χ4v) is 1.01. The smallest absolute Gasteiger partial charge is 0.172 e. The molecule has 0 amide bonds. The number of ether oxygens (including phenoxy) is 2. The highest BCUT2D eigenvalue weighted by Gasteiger charge is 2.16. The third kappa shape index (κ3) is 5.64. The van der Waals surface area contributed by atoms with Crippen molar-refractivity contribution in [2.75, 3.05) is 13.2 Å². The van der Waals surface area contributed by atoms with Crippen molar-refractivity contribution in [3.63, 3.8) is 0 Å². The second-order valence-electron chi connectivity index (χ2n) is 2.69. The van der Waals surface area contributed by atoms with Crippen LogP contribution in [0.1, 0.15) is 26.7 Å². The van der Waals surface area contributed by atoms with Gasteiger partial charge in [-0.15, -0.1) is 12.3 Å². The van der Waals surface area contributed by atoms with Crippen molar-refractivity contribution < 1.29 is 9.47 Å². The molecule has 0 aliphatic rings. The van der Waals surface area contributed by atoms with Gasteiger partial charge in [-0.3, -0.25) is 0 Å². The van der Waals surface area contributed by atoms with Gasteiger partial charge in [0.15, 0.2) is 6.29 Å². The molecule has 0 heterocycles. The monoisotopic (exact) mass is 185 g/mol. The van der Waals surface area contributed by atoms with E-state index in [2.05, 4.69) is 5.92 Å². The molecular weight excluding hydrogens is 166 g/mol. The van der Waals surface area contributed by atoms with Crippen LogP contribution in [0.3, 0.4) is 0 Å². The van der Waals surface area contributed by atoms with Crippen LogP contribution < -0.4 is 5.73 Å². The molecule has 1 atom stereocenters. The van der Waals surface area contributed by atoms with Crippen molar-refractivity contribution in [1.29, 1.82) is 0 Å². The Hall–Kier alpha value is -0.560. The maximum atomic E-state index is 5.83. The first kappa shape index (κ1) is 12.4. The Balaban J connectivity index is 3.80. The molecule has 0 bridgehead atoms. The molecule has 0 aromatic carbocycles. The van der Waals surface area contributed by atoms with Gasteiger partial charge in [-0.05, 0) is 20.3 Å². The molecule has 0 saturated carbocycles. The minimum Gasteiger partial charge on any atom is -0.351 e. The van der Waals surface area contributed by atoms with Crippen LogP contribution in [0.2, 0.25) is 0 Å². The largest absolute Gasteiger partial charge is 0.351 e. The van der Waals surface area contributed by atoms with E-state index in [1.165, 1.54) is 0 Å². The molecule has 1 unspecified atom stereocenters. The third-order valence-corrected chi connectivity index (χ3v) is 1.63. The second kappa shape index (κ2) is 8.06. The van der Waals surface area contributed by atoms with Crippen molar-refractivity contribution in [3.8, 4) is 12.3 Å². The van der Waals surface area contributed by atoms with Crippen LogP contribution in [0.25, 0.3) is 0 Å². The quantitative estimate of drug-likeness (QED) is 0.477. The third-order valence-electron chi connectivity index (χ3n) is 1.63. The highest BCUT2D eigenvalue weighted by molar-refractivity contribution is 4.85. The van der Waals surface area contributed by atoms with Gasteiger partial charge in [0.1, 0.15) is 0 Å². The topological polar surface area (TPSA) is 44.5 Å². The van der Waals surface area contributed by atoms with Crippen LogP contribution in [0.15, 0.2) is 0 Å². The Morgan fingerprint density at radius 2 is 1.85 bits per heavy atom. The molecule has 0 saturated heterocycles. The van der Waals surface area contributed by atoms with E-state index < -0.39 is 0 Å². The van der Waals surface area contributed by atoms with Gasteiger partial charge in [0.2, 0.25) is 0 Å². The zero-order valence-electron chi connectivity index (χ0n) is 8.45. The molecule has 13 heavy (non-hydrogen) atoms. The fourth-order valence-electron chi connectivity index (χ4n) is 1.01. The van der Waals surface area contributed by atoms with E-state index in [0.717, 1.165) is 6.42 Å². The molecule has 2 N–H and O–H groups in total. The van der Waals surface area contributed by atoms with Gasteiger partial charge in [0, 0.05) is 19.6 Å². The minimum atomic E-state index is -0.316. The summed E-state index contributed by atoms with van der Waals surface area (Å²) in [6, 6.07) is -0.129. The number of terminal acetylenes is 1. The van der Waals surface area contributed by atoms with Gasteiger partial charge in [0.05, 0.1) is 6.04 Å². The summed E-state index contributed by atoms with van der Waals surface area (Å²) in [6.07, 6.45) is 6.22. The SMILES string of the molecule is C#CCCC(N)C(OCC)OCC. The van der Waals surface area contributed by atoms with Crippen molar-refractivity contribution >= 4 is 0 Å². The Labute approximate surface area is 80.6 Å². The van der Waals surface area contributed by atoms with Crippen LogP contribution in [0.5, 0.6) is 0 Å². The maximum absolute atomic E-state index is 5.83. The lowest BCUT2D eigenvalue weighted by Crippen LogP contribution is -2.38. The summed E-state index contributed by atoms with van der Waals surface area (Å²) in [7, 11) is 0. The van der Waals surface area contributed by atoms with Crippen molar-refractivity contribution in [2.24, 2.45) is 5.73 Å². The van der Waals surface area contributed by atoms with Gasteiger partial charge in [0.25, 0.3) is 0 Å². The summed E-state index contributed by atoms with van der Waals surface area (Å²) in [5.74, 6) is 2.55. The van der Waals surface area contributed by atoms with E-state index in [4.69, 9.17) is 21.6 Å². The highest BCUT2D eigenvalue weighted by atomic mass is 16.7. The van der Waals surface area contributed by atoms with E-state index in [0.29, 0.717) is 19.6 Å². The standard InChI is InChI=1S/C10H19NO2/c1-4-7-8-9(11)10(12-5-2)13-6-3/h1,9-10H,5-8,11H2,2-3H3. The highest BCUT2D eigenvalue weighted by Crippen LogP contribution is 2.05. The van der Waals surface area contributed by atoms with Crippen LogP contribution in [-0.2, 0) is 9.47 Å².